The second kappa shape index (κ2) is 6.87. The number of nitrogens with zero attached hydrogens (tertiary/aromatic N) is 1. The highest BCUT2D eigenvalue weighted by Gasteiger charge is 2.18. The summed E-state index contributed by atoms with van der Waals surface area (Å²) in [6.45, 7) is 6.27. The first-order valence-electron chi connectivity index (χ1n) is 6.46. The fourth-order valence-corrected chi connectivity index (χ4v) is 2.38. The predicted octanol–water partition coefficient (Wildman–Crippen LogP) is 3.41. The lowest BCUT2D eigenvalue weighted by Gasteiger charge is -2.22. The van der Waals surface area contributed by atoms with Crippen molar-refractivity contribution in [3.8, 4) is 6.07 Å². The number of nitrogens with two attached hydrogens (primary N) is 1. The molecule has 0 aromatic heterocycles. The van der Waals surface area contributed by atoms with Gasteiger partial charge in [-0.3, -0.25) is 4.79 Å². The molecular weight excluding hydrogens is 318 g/mol. The Balaban J connectivity index is 2.68. The summed E-state index contributed by atoms with van der Waals surface area (Å²) in [5.74, 6) is -0.170. The van der Waals surface area contributed by atoms with Gasteiger partial charge in [-0.1, -0.05) is 36.7 Å². The number of carbonyl (C=O) groups is 1. The van der Waals surface area contributed by atoms with Crippen molar-refractivity contribution in [1.29, 1.82) is 5.26 Å². The first-order valence-corrected chi connectivity index (χ1v) is 7.25. The maximum absolute atomic E-state index is 12.0. The van der Waals surface area contributed by atoms with Gasteiger partial charge in [-0.15, -0.1) is 0 Å². The Morgan fingerprint density at radius 1 is 1.50 bits per heavy atom. The number of anilines is 1. The number of hydrogen-bond donors (Lipinski definition) is 2. The molecule has 0 fully saturated rings. The molecule has 108 valence electrons. The Hall–Kier alpha value is -1.38. The van der Waals surface area contributed by atoms with E-state index in [2.05, 4.69) is 48.1 Å². The van der Waals surface area contributed by atoms with Crippen LogP contribution in [0.2, 0.25) is 0 Å². The Labute approximate surface area is 128 Å². The standard InChI is InChI=1S/C15H20BrN3O/c1-15(2,3)8-12(18)7-14(20)19-13-6-11(16)5-4-10(13)9-17/h4-6,12H,7-8,18H2,1-3H3,(H,19,20). The summed E-state index contributed by atoms with van der Waals surface area (Å²) in [6, 6.07) is 7.00. The average Bonchev–Trinajstić information content (AvgIpc) is 2.26. The molecule has 0 aliphatic carbocycles. The third-order valence-corrected chi connectivity index (χ3v) is 3.19. The first kappa shape index (κ1) is 16.7. The lowest BCUT2D eigenvalue weighted by Crippen LogP contribution is -2.31. The number of halogens is 1. The largest absolute Gasteiger partial charge is 0.327 e. The number of nitriles is 1. The summed E-state index contributed by atoms with van der Waals surface area (Å²) in [7, 11) is 0. The van der Waals surface area contributed by atoms with Crippen molar-refractivity contribution in [1.82, 2.24) is 0 Å². The molecule has 1 rings (SSSR count). The van der Waals surface area contributed by atoms with E-state index >= 15 is 0 Å². The predicted molar refractivity (Wildman–Crippen MR) is 84.2 cm³/mol. The van der Waals surface area contributed by atoms with Crippen LogP contribution in [0.5, 0.6) is 0 Å². The third-order valence-electron chi connectivity index (χ3n) is 2.70. The van der Waals surface area contributed by atoms with Crippen LogP contribution in [0.25, 0.3) is 0 Å². The second-order valence-corrected chi connectivity index (χ2v) is 6.99. The quantitative estimate of drug-likeness (QED) is 0.883. The van der Waals surface area contributed by atoms with Gasteiger partial charge in [0.05, 0.1) is 11.3 Å². The van der Waals surface area contributed by atoms with Crippen LogP contribution in [0.1, 0.15) is 39.2 Å². The van der Waals surface area contributed by atoms with Crippen molar-refractivity contribution in [2.75, 3.05) is 5.32 Å². The van der Waals surface area contributed by atoms with E-state index in [1.165, 1.54) is 0 Å². The summed E-state index contributed by atoms with van der Waals surface area (Å²) < 4.78 is 0.811. The number of carbonyl (C=O) groups excluding carboxylic acids is 1. The smallest absolute Gasteiger partial charge is 0.225 e. The van der Waals surface area contributed by atoms with Crippen molar-refractivity contribution in [2.24, 2.45) is 11.1 Å². The van der Waals surface area contributed by atoms with Gasteiger partial charge >= 0.3 is 0 Å². The Bertz CT molecular complexity index is 529. The van der Waals surface area contributed by atoms with Gasteiger partial charge in [0.2, 0.25) is 5.91 Å². The van der Waals surface area contributed by atoms with Gasteiger partial charge in [-0.2, -0.15) is 5.26 Å². The molecule has 1 amide bonds. The summed E-state index contributed by atoms with van der Waals surface area (Å²) in [4.78, 5) is 12.0. The summed E-state index contributed by atoms with van der Waals surface area (Å²) in [5, 5.41) is 11.8. The molecule has 3 N–H and O–H groups in total. The molecule has 20 heavy (non-hydrogen) atoms. The number of amides is 1. The van der Waals surface area contributed by atoms with Crippen molar-refractivity contribution < 1.29 is 4.79 Å². The van der Waals surface area contributed by atoms with Crippen LogP contribution in [0.15, 0.2) is 22.7 Å². The monoisotopic (exact) mass is 337 g/mol. The highest BCUT2D eigenvalue weighted by molar-refractivity contribution is 9.10. The number of hydrogen-bond acceptors (Lipinski definition) is 3. The molecule has 1 atom stereocenters. The third kappa shape index (κ3) is 5.72. The van der Waals surface area contributed by atoms with E-state index in [4.69, 9.17) is 11.0 Å². The van der Waals surface area contributed by atoms with Crippen molar-refractivity contribution in [3.05, 3.63) is 28.2 Å². The van der Waals surface area contributed by atoms with Crippen molar-refractivity contribution in [2.45, 2.75) is 39.7 Å². The van der Waals surface area contributed by atoms with Crippen LogP contribution in [-0.4, -0.2) is 11.9 Å². The van der Waals surface area contributed by atoms with Crippen LogP contribution in [0.3, 0.4) is 0 Å². The minimum atomic E-state index is -0.187. The van der Waals surface area contributed by atoms with E-state index < -0.39 is 0 Å². The zero-order chi connectivity index (χ0) is 15.3. The summed E-state index contributed by atoms with van der Waals surface area (Å²) in [5.41, 5.74) is 7.02. The fraction of sp³-hybridized carbons (Fsp3) is 0.467. The fourth-order valence-electron chi connectivity index (χ4n) is 2.02. The van der Waals surface area contributed by atoms with E-state index in [1.54, 1.807) is 18.2 Å². The molecular formula is C15H20BrN3O. The average molecular weight is 338 g/mol. The molecule has 0 heterocycles. The first-order chi connectivity index (χ1) is 9.21. The van der Waals surface area contributed by atoms with Gasteiger partial charge in [0.15, 0.2) is 0 Å². The summed E-state index contributed by atoms with van der Waals surface area (Å²) >= 11 is 3.32. The normalized spacial score (nSPS) is 12.6. The highest BCUT2D eigenvalue weighted by Crippen LogP contribution is 2.23. The molecule has 0 bridgehead atoms. The lowest BCUT2D eigenvalue weighted by atomic mass is 9.87. The zero-order valence-corrected chi connectivity index (χ0v) is 13.6. The van der Waals surface area contributed by atoms with E-state index in [1.807, 2.05) is 0 Å². The summed E-state index contributed by atoms with van der Waals surface area (Å²) in [6.07, 6.45) is 1.01. The molecule has 0 spiro atoms. The van der Waals surface area contributed by atoms with Gasteiger partial charge in [-0.05, 0) is 30.0 Å². The Kier molecular flexibility index (Phi) is 5.73. The SMILES string of the molecule is CC(C)(C)CC(N)CC(=O)Nc1cc(Br)ccc1C#N. The lowest BCUT2D eigenvalue weighted by molar-refractivity contribution is -0.116. The number of benzene rings is 1. The van der Waals surface area contributed by atoms with Crippen LogP contribution in [-0.2, 0) is 4.79 Å². The van der Waals surface area contributed by atoms with Crippen LogP contribution in [0.4, 0.5) is 5.69 Å². The molecule has 4 nitrogen and oxygen atoms in total. The van der Waals surface area contributed by atoms with Gasteiger partial charge in [0, 0.05) is 16.9 Å². The Morgan fingerprint density at radius 3 is 2.70 bits per heavy atom. The second-order valence-electron chi connectivity index (χ2n) is 6.08. The molecule has 5 heteroatoms. The van der Waals surface area contributed by atoms with Crippen molar-refractivity contribution >= 4 is 27.5 Å². The maximum Gasteiger partial charge on any atom is 0.225 e. The zero-order valence-electron chi connectivity index (χ0n) is 12.0. The van der Waals surface area contributed by atoms with Crippen LogP contribution >= 0.6 is 15.9 Å². The van der Waals surface area contributed by atoms with Gasteiger partial charge in [0.25, 0.3) is 0 Å². The molecule has 1 aromatic carbocycles. The number of rotatable bonds is 4. The molecule has 0 aliphatic rings. The van der Waals surface area contributed by atoms with Gasteiger partial charge in [0.1, 0.15) is 6.07 Å². The molecule has 0 radical (unpaired) electrons. The van der Waals surface area contributed by atoms with E-state index in [-0.39, 0.29) is 23.8 Å². The van der Waals surface area contributed by atoms with E-state index in [0.29, 0.717) is 11.3 Å². The molecule has 0 saturated heterocycles. The minimum absolute atomic E-state index is 0.0906. The van der Waals surface area contributed by atoms with E-state index in [9.17, 15) is 4.79 Å². The molecule has 1 unspecified atom stereocenters. The van der Waals surface area contributed by atoms with Crippen molar-refractivity contribution in [3.63, 3.8) is 0 Å². The minimum Gasteiger partial charge on any atom is -0.327 e. The van der Waals surface area contributed by atoms with E-state index in [0.717, 1.165) is 10.9 Å². The molecule has 1 aromatic rings. The topological polar surface area (TPSA) is 78.9 Å². The molecule has 0 saturated carbocycles. The van der Waals surface area contributed by atoms with Crippen LogP contribution in [0, 0.1) is 16.7 Å². The highest BCUT2D eigenvalue weighted by atomic mass is 79.9. The van der Waals surface area contributed by atoms with Gasteiger partial charge in [-0.25, -0.2) is 0 Å². The molecule has 0 aliphatic heterocycles. The maximum atomic E-state index is 12.0. The number of nitrogens with one attached hydrogen (secondary N) is 1. The Morgan fingerprint density at radius 2 is 2.15 bits per heavy atom. The van der Waals surface area contributed by atoms with Gasteiger partial charge < -0.3 is 11.1 Å². The van der Waals surface area contributed by atoms with Crippen LogP contribution < -0.4 is 11.1 Å².